The molecular weight excluding hydrogens is 370 g/mol. The van der Waals surface area contributed by atoms with E-state index in [0.717, 1.165) is 27.7 Å². The Kier molecular flexibility index (Phi) is 5.05. The van der Waals surface area contributed by atoms with Crippen LogP contribution in [0.15, 0.2) is 83.0 Å². The van der Waals surface area contributed by atoms with E-state index < -0.39 is 0 Å². The molecule has 6 heteroatoms. The third-order valence-electron chi connectivity index (χ3n) is 4.23. The molecule has 0 radical (unpaired) electrons. The molecule has 5 nitrogen and oxygen atoms in total. The second-order valence-electron chi connectivity index (χ2n) is 6.07. The lowest BCUT2D eigenvalue weighted by atomic mass is 10.1. The van der Waals surface area contributed by atoms with E-state index in [2.05, 4.69) is 26.3 Å². The molecule has 1 aromatic heterocycles. The average Bonchev–Trinajstić information content (AvgIpc) is 2.74. The molecule has 0 fully saturated rings. The first kappa shape index (κ1) is 17.8. The molecule has 0 aliphatic carbocycles. The third-order valence-corrected chi connectivity index (χ3v) is 4.47. The van der Waals surface area contributed by atoms with Crippen molar-refractivity contribution in [3.05, 3.63) is 88.9 Å². The summed E-state index contributed by atoms with van der Waals surface area (Å²) in [6, 6.07) is 24.8. The fourth-order valence-electron chi connectivity index (χ4n) is 2.89. The van der Waals surface area contributed by atoms with E-state index in [4.69, 9.17) is 11.6 Å². The molecule has 134 valence electrons. The Labute approximate surface area is 167 Å². The molecule has 0 unspecified atom stereocenters. The molecule has 0 amide bonds. The topological polar surface area (TPSA) is 74.3 Å². The van der Waals surface area contributed by atoms with Crippen LogP contribution in [-0.2, 0) is 6.54 Å². The molecule has 4 rings (SSSR count). The van der Waals surface area contributed by atoms with Gasteiger partial charge in [0.1, 0.15) is 0 Å². The van der Waals surface area contributed by atoms with Crippen LogP contribution in [0.5, 0.6) is 0 Å². The highest BCUT2D eigenvalue weighted by atomic mass is 35.5. The Bertz CT molecular complexity index is 1210. The van der Waals surface area contributed by atoms with Gasteiger partial charge in [0.25, 0.3) is 5.95 Å². The van der Waals surface area contributed by atoms with Crippen LogP contribution in [0.25, 0.3) is 22.2 Å². The summed E-state index contributed by atoms with van der Waals surface area (Å²) in [6.07, 6.45) is 0. The van der Waals surface area contributed by atoms with Gasteiger partial charge in [-0.3, -0.25) is 0 Å². The van der Waals surface area contributed by atoms with Crippen molar-refractivity contribution in [3.8, 4) is 17.3 Å². The van der Waals surface area contributed by atoms with Crippen LogP contribution in [0.4, 0.5) is 5.95 Å². The lowest BCUT2D eigenvalue weighted by molar-refractivity contribution is 0.929. The first-order chi connectivity index (χ1) is 13.7. The summed E-state index contributed by atoms with van der Waals surface area (Å²) in [7, 11) is 0. The van der Waals surface area contributed by atoms with Gasteiger partial charge < -0.3 is 0 Å². The Morgan fingerprint density at radius 3 is 2.54 bits per heavy atom. The predicted octanol–water partition coefficient (Wildman–Crippen LogP) is 6.11. The summed E-state index contributed by atoms with van der Waals surface area (Å²) in [6.45, 7) is 0.284. The van der Waals surface area contributed by atoms with Crippen molar-refractivity contribution in [1.29, 1.82) is 5.26 Å². The predicted molar refractivity (Wildman–Crippen MR) is 109 cm³/mol. The summed E-state index contributed by atoms with van der Waals surface area (Å²) in [5.41, 5.74) is 3.83. The van der Waals surface area contributed by atoms with Crippen LogP contribution in [0, 0.1) is 11.3 Å². The number of nitriles is 1. The van der Waals surface area contributed by atoms with Crippen molar-refractivity contribution in [1.82, 2.24) is 9.97 Å². The SMILES string of the molecule is N#Cc1ccccc1CN=Nc1nc(-c2ccccc2)c2cc(Cl)ccc2n1. The van der Waals surface area contributed by atoms with Crippen molar-refractivity contribution >= 4 is 28.5 Å². The smallest absolute Gasteiger partial charge is 0.210 e. The van der Waals surface area contributed by atoms with E-state index >= 15 is 0 Å². The largest absolute Gasteiger partial charge is 0.269 e. The van der Waals surface area contributed by atoms with Crippen LogP contribution in [0.1, 0.15) is 11.1 Å². The second-order valence-corrected chi connectivity index (χ2v) is 6.50. The van der Waals surface area contributed by atoms with E-state index in [1.54, 1.807) is 12.1 Å². The minimum absolute atomic E-state index is 0.267. The number of hydrogen-bond acceptors (Lipinski definition) is 5. The molecular formula is C22H14ClN5. The highest BCUT2D eigenvalue weighted by Gasteiger charge is 2.10. The van der Waals surface area contributed by atoms with Gasteiger partial charge in [-0.1, -0.05) is 60.1 Å². The summed E-state index contributed by atoms with van der Waals surface area (Å²) in [5, 5.41) is 19.1. The highest BCUT2D eigenvalue weighted by molar-refractivity contribution is 6.31. The van der Waals surface area contributed by atoms with Gasteiger partial charge in [0, 0.05) is 16.0 Å². The first-order valence-electron chi connectivity index (χ1n) is 8.63. The number of azo groups is 1. The normalized spacial score (nSPS) is 11.0. The number of aromatic nitrogens is 2. The summed E-state index contributed by atoms with van der Waals surface area (Å²) in [4.78, 5) is 9.07. The van der Waals surface area contributed by atoms with Crippen molar-refractivity contribution in [2.24, 2.45) is 10.2 Å². The van der Waals surface area contributed by atoms with Gasteiger partial charge in [-0.05, 0) is 29.8 Å². The zero-order valence-corrected chi connectivity index (χ0v) is 15.5. The average molecular weight is 384 g/mol. The second kappa shape index (κ2) is 7.95. The molecule has 0 saturated carbocycles. The Balaban J connectivity index is 1.74. The lowest BCUT2D eigenvalue weighted by Gasteiger charge is -2.07. The van der Waals surface area contributed by atoms with Crippen LogP contribution in [-0.4, -0.2) is 9.97 Å². The Morgan fingerprint density at radius 1 is 0.929 bits per heavy atom. The quantitative estimate of drug-likeness (QED) is 0.399. The summed E-state index contributed by atoms with van der Waals surface area (Å²) < 4.78 is 0. The number of benzene rings is 3. The maximum atomic E-state index is 9.18. The molecule has 0 aliphatic heterocycles. The maximum Gasteiger partial charge on any atom is 0.269 e. The molecule has 0 N–H and O–H groups in total. The van der Waals surface area contributed by atoms with Crippen molar-refractivity contribution in [3.63, 3.8) is 0 Å². The molecule has 4 aromatic rings. The van der Waals surface area contributed by atoms with E-state index in [-0.39, 0.29) is 12.5 Å². The zero-order chi connectivity index (χ0) is 19.3. The summed E-state index contributed by atoms with van der Waals surface area (Å²) in [5.74, 6) is 0.267. The molecule has 0 saturated heterocycles. The van der Waals surface area contributed by atoms with E-state index in [1.807, 2.05) is 60.7 Å². The van der Waals surface area contributed by atoms with Crippen molar-refractivity contribution in [2.45, 2.75) is 6.54 Å². The molecule has 1 heterocycles. The van der Waals surface area contributed by atoms with E-state index in [9.17, 15) is 5.26 Å². The van der Waals surface area contributed by atoms with Crippen molar-refractivity contribution in [2.75, 3.05) is 0 Å². The standard InChI is InChI=1S/C22H14ClN5/c23-18-10-11-20-19(12-18)21(15-6-2-1-3-7-15)27-22(26-20)28-25-14-17-9-5-4-8-16(17)13-24/h1-12H,14H2. The number of hydrogen-bond donors (Lipinski definition) is 0. The van der Waals surface area contributed by atoms with Crippen molar-refractivity contribution < 1.29 is 0 Å². The summed E-state index contributed by atoms with van der Waals surface area (Å²) >= 11 is 6.17. The molecule has 0 aliphatic rings. The van der Waals surface area contributed by atoms with Gasteiger partial charge in [0.15, 0.2) is 0 Å². The maximum absolute atomic E-state index is 9.18. The third kappa shape index (κ3) is 3.73. The fourth-order valence-corrected chi connectivity index (χ4v) is 3.06. The van der Waals surface area contributed by atoms with Crippen LogP contribution >= 0.6 is 11.6 Å². The van der Waals surface area contributed by atoms with Gasteiger partial charge in [-0.15, -0.1) is 5.11 Å². The number of fused-ring (bicyclic) bond motifs is 1. The Morgan fingerprint density at radius 2 is 1.71 bits per heavy atom. The van der Waals surface area contributed by atoms with Gasteiger partial charge in [0.05, 0.1) is 29.4 Å². The number of rotatable bonds is 4. The molecule has 3 aromatic carbocycles. The van der Waals surface area contributed by atoms with Gasteiger partial charge in [0.2, 0.25) is 0 Å². The van der Waals surface area contributed by atoms with E-state index in [1.165, 1.54) is 0 Å². The zero-order valence-electron chi connectivity index (χ0n) is 14.7. The van der Waals surface area contributed by atoms with Crippen LogP contribution < -0.4 is 0 Å². The molecule has 28 heavy (non-hydrogen) atoms. The van der Waals surface area contributed by atoms with Gasteiger partial charge in [-0.25, -0.2) is 9.97 Å². The minimum Gasteiger partial charge on any atom is -0.210 e. The monoisotopic (exact) mass is 383 g/mol. The molecule has 0 spiro atoms. The number of nitrogens with zero attached hydrogens (tertiary/aromatic N) is 5. The van der Waals surface area contributed by atoms with E-state index in [0.29, 0.717) is 10.6 Å². The number of halogens is 1. The van der Waals surface area contributed by atoms with Crippen LogP contribution in [0.2, 0.25) is 5.02 Å². The fraction of sp³-hybridized carbons (Fsp3) is 0.0455. The van der Waals surface area contributed by atoms with Gasteiger partial charge >= 0.3 is 0 Å². The Hall–Kier alpha value is -3.62. The van der Waals surface area contributed by atoms with Gasteiger partial charge in [-0.2, -0.15) is 10.4 Å². The lowest BCUT2D eigenvalue weighted by Crippen LogP contribution is -1.91. The molecule has 0 atom stereocenters. The van der Waals surface area contributed by atoms with Crippen LogP contribution in [0.3, 0.4) is 0 Å². The first-order valence-corrected chi connectivity index (χ1v) is 9.00. The minimum atomic E-state index is 0.267. The highest BCUT2D eigenvalue weighted by Crippen LogP contribution is 2.30. The molecule has 0 bridgehead atoms.